The van der Waals surface area contributed by atoms with Gasteiger partial charge < -0.3 is 0 Å². The van der Waals surface area contributed by atoms with Gasteiger partial charge in [-0.1, -0.05) is 29.8 Å². The van der Waals surface area contributed by atoms with E-state index in [1.54, 1.807) is 12.1 Å². The van der Waals surface area contributed by atoms with Crippen molar-refractivity contribution in [3.8, 4) is 0 Å². The summed E-state index contributed by atoms with van der Waals surface area (Å²) < 4.78 is 39.0. The second-order valence-corrected chi connectivity index (χ2v) is 4.80. The molecule has 0 heterocycles. The van der Waals surface area contributed by atoms with Gasteiger partial charge in [0.15, 0.2) is 0 Å². The van der Waals surface area contributed by atoms with E-state index in [1.165, 1.54) is 12.1 Å². The highest BCUT2D eigenvalue weighted by atomic mass is 35.5. The van der Waals surface area contributed by atoms with Crippen LogP contribution in [0.1, 0.15) is 16.7 Å². The fourth-order valence-corrected chi connectivity index (χ4v) is 2.13. The molecule has 2 aromatic carbocycles. The van der Waals surface area contributed by atoms with Crippen LogP contribution in [0.2, 0.25) is 5.02 Å². The Bertz CT molecular complexity index is 669. The Morgan fingerprint density at radius 3 is 2.24 bits per heavy atom. The van der Waals surface area contributed by atoms with Crippen LogP contribution in [0.15, 0.2) is 42.5 Å². The van der Waals surface area contributed by atoms with E-state index < -0.39 is 22.4 Å². The average molecular weight is 316 g/mol. The molecule has 0 unspecified atom stereocenters. The van der Waals surface area contributed by atoms with E-state index in [2.05, 4.69) is 0 Å². The van der Waals surface area contributed by atoms with Gasteiger partial charge in [0.1, 0.15) is 0 Å². The molecule has 0 spiro atoms. The molecule has 0 fully saturated rings. The number of nitrogens with zero attached hydrogens (tertiary/aromatic N) is 1. The van der Waals surface area contributed by atoms with Crippen LogP contribution < -0.4 is 0 Å². The van der Waals surface area contributed by atoms with Gasteiger partial charge in [-0.25, -0.2) is 0 Å². The van der Waals surface area contributed by atoms with Gasteiger partial charge in [0, 0.05) is 23.1 Å². The van der Waals surface area contributed by atoms with Crippen LogP contribution in [0, 0.1) is 10.1 Å². The van der Waals surface area contributed by atoms with Crippen molar-refractivity contribution >= 4 is 17.3 Å². The lowest BCUT2D eigenvalue weighted by Crippen LogP contribution is -2.11. The summed E-state index contributed by atoms with van der Waals surface area (Å²) in [4.78, 5) is 10.2. The molecular weight excluding hydrogens is 307 g/mol. The zero-order chi connectivity index (χ0) is 15.6. The Hall–Kier alpha value is -2.08. The van der Waals surface area contributed by atoms with Crippen LogP contribution >= 0.6 is 11.6 Å². The molecule has 0 radical (unpaired) electrons. The molecule has 3 nitrogen and oxygen atoms in total. The van der Waals surface area contributed by atoms with E-state index >= 15 is 0 Å². The minimum Gasteiger partial charge on any atom is -0.258 e. The summed E-state index contributed by atoms with van der Waals surface area (Å²) in [5.74, 6) is 0. The third kappa shape index (κ3) is 3.52. The van der Waals surface area contributed by atoms with Crippen LogP contribution in [-0.4, -0.2) is 4.92 Å². The lowest BCUT2D eigenvalue weighted by Gasteiger charge is -2.13. The van der Waals surface area contributed by atoms with Crippen LogP contribution in [0.5, 0.6) is 0 Å². The highest BCUT2D eigenvalue weighted by Crippen LogP contribution is 2.37. The molecule has 0 saturated heterocycles. The molecule has 0 aromatic heterocycles. The summed E-state index contributed by atoms with van der Waals surface area (Å²) in [5.41, 5.74) is -1.37. The highest BCUT2D eigenvalue weighted by Gasteiger charge is 2.36. The number of nitro groups is 1. The van der Waals surface area contributed by atoms with Gasteiger partial charge in [0.25, 0.3) is 5.69 Å². The molecule has 2 rings (SSSR count). The molecule has 0 aliphatic heterocycles. The minimum atomic E-state index is -4.65. The van der Waals surface area contributed by atoms with Crippen molar-refractivity contribution in [1.29, 1.82) is 0 Å². The standard InChI is InChI=1S/C14H9ClF3NO2/c15-10-6-4-9(5-7-10)8-11-12(14(16,17)18)2-1-3-13(11)19(20)21/h1-7H,8H2. The monoisotopic (exact) mass is 315 g/mol. The molecule has 21 heavy (non-hydrogen) atoms. The van der Waals surface area contributed by atoms with Crippen molar-refractivity contribution in [3.05, 3.63) is 74.3 Å². The van der Waals surface area contributed by atoms with Crippen LogP contribution in [-0.2, 0) is 12.6 Å². The Labute approximate surface area is 123 Å². The second kappa shape index (κ2) is 5.73. The number of halogens is 4. The molecule has 110 valence electrons. The summed E-state index contributed by atoms with van der Waals surface area (Å²) in [6.45, 7) is 0. The number of hydrogen-bond acceptors (Lipinski definition) is 2. The van der Waals surface area contributed by atoms with Gasteiger partial charge in [-0.15, -0.1) is 0 Å². The van der Waals surface area contributed by atoms with Crippen LogP contribution in [0.3, 0.4) is 0 Å². The predicted octanol–water partition coefficient (Wildman–Crippen LogP) is 4.86. The predicted molar refractivity (Wildman–Crippen MR) is 72.4 cm³/mol. The van der Waals surface area contributed by atoms with Crippen molar-refractivity contribution in [2.45, 2.75) is 12.6 Å². The fourth-order valence-electron chi connectivity index (χ4n) is 2.00. The molecule has 0 N–H and O–H groups in total. The van der Waals surface area contributed by atoms with Crippen molar-refractivity contribution in [2.24, 2.45) is 0 Å². The first-order chi connectivity index (χ1) is 9.79. The first-order valence-corrected chi connectivity index (χ1v) is 6.25. The molecule has 7 heteroatoms. The summed E-state index contributed by atoms with van der Waals surface area (Å²) in [6, 6.07) is 9.08. The quantitative estimate of drug-likeness (QED) is 0.600. The van der Waals surface area contributed by atoms with Gasteiger partial charge in [-0.2, -0.15) is 13.2 Å². The maximum atomic E-state index is 13.0. The Balaban J connectivity index is 2.53. The smallest absolute Gasteiger partial charge is 0.258 e. The van der Waals surface area contributed by atoms with Crippen molar-refractivity contribution in [2.75, 3.05) is 0 Å². The highest BCUT2D eigenvalue weighted by molar-refractivity contribution is 6.30. The van der Waals surface area contributed by atoms with E-state index in [0.29, 0.717) is 10.6 Å². The lowest BCUT2D eigenvalue weighted by atomic mass is 9.97. The van der Waals surface area contributed by atoms with E-state index in [4.69, 9.17) is 11.6 Å². The zero-order valence-corrected chi connectivity index (χ0v) is 11.3. The van der Waals surface area contributed by atoms with Crippen molar-refractivity contribution < 1.29 is 18.1 Å². The van der Waals surface area contributed by atoms with Crippen LogP contribution in [0.4, 0.5) is 18.9 Å². The first-order valence-electron chi connectivity index (χ1n) is 5.87. The summed E-state index contributed by atoms with van der Waals surface area (Å²) in [5, 5.41) is 11.4. The first kappa shape index (κ1) is 15.3. The molecule has 0 aliphatic rings. The molecule has 0 bridgehead atoms. The largest absolute Gasteiger partial charge is 0.416 e. The van der Waals surface area contributed by atoms with E-state index in [1.807, 2.05) is 0 Å². The van der Waals surface area contributed by atoms with Gasteiger partial charge >= 0.3 is 6.18 Å². The third-order valence-corrected chi connectivity index (χ3v) is 3.20. The average Bonchev–Trinajstić information content (AvgIpc) is 2.40. The van der Waals surface area contributed by atoms with E-state index in [-0.39, 0.29) is 12.0 Å². The van der Waals surface area contributed by atoms with Crippen molar-refractivity contribution in [3.63, 3.8) is 0 Å². The zero-order valence-electron chi connectivity index (χ0n) is 10.5. The molecule has 0 aliphatic carbocycles. The summed E-state index contributed by atoms with van der Waals surface area (Å²) in [6.07, 6.45) is -4.84. The van der Waals surface area contributed by atoms with Gasteiger partial charge in [0.2, 0.25) is 0 Å². The number of benzene rings is 2. The SMILES string of the molecule is O=[N+]([O-])c1cccc(C(F)(F)F)c1Cc1ccc(Cl)cc1. The van der Waals surface area contributed by atoms with Gasteiger partial charge in [0.05, 0.1) is 10.5 Å². The van der Waals surface area contributed by atoms with Gasteiger partial charge in [-0.05, 0) is 23.8 Å². The Kier molecular flexibility index (Phi) is 4.18. The fraction of sp³-hybridized carbons (Fsp3) is 0.143. The number of nitro benzene ring substituents is 1. The Morgan fingerprint density at radius 1 is 1.10 bits per heavy atom. The van der Waals surface area contributed by atoms with Crippen molar-refractivity contribution in [1.82, 2.24) is 0 Å². The molecule has 2 aromatic rings. The summed E-state index contributed by atoms with van der Waals surface area (Å²) >= 11 is 5.71. The maximum Gasteiger partial charge on any atom is 0.416 e. The maximum absolute atomic E-state index is 13.0. The van der Waals surface area contributed by atoms with E-state index in [0.717, 1.165) is 18.2 Å². The number of alkyl halides is 3. The topological polar surface area (TPSA) is 43.1 Å². The molecule has 0 amide bonds. The number of rotatable bonds is 3. The molecular formula is C14H9ClF3NO2. The Morgan fingerprint density at radius 2 is 1.71 bits per heavy atom. The lowest BCUT2D eigenvalue weighted by molar-refractivity contribution is -0.385. The van der Waals surface area contributed by atoms with Gasteiger partial charge in [-0.3, -0.25) is 10.1 Å². The summed E-state index contributed by atoms with van der Waals surface area (Å²) in [7, 11) is 0. The third-order valence-electron chi connectivity index (χ3n) is 2.95. The number of hydrogen-bond donors (Lipinski definition) is 0. The molecule has 0 saturated carbocycles. The normalized spacial score (nSPS) is 11.4. The minimum absolute atomic E-state index is 0.191. The molecule has 0 atom stereocenters. The van der Waals surface area contributed by atoms with Crippen LogP contribution in [0.25, 0.3) is 0 Å². The van der Waals surface area contributed by atoms with E-state index in [9.17, 15) is 23.3 Å². The second-order valence-electron chi connectivity index (χ2n) is 4.36.